The maximum Gasteiger partial charge on any atom is 0.257 e. The van der Waals surface area contributed by atoms with Gasteiger partial charge in [0.2, 0.25) is 0 Å². The Morgan fingerprint density at radius 3 is 2.84 bits per heavy atom. The summed E-state index contributed by atoms with van der Waals surface area (Å²) < 4.78 is 10.9. The second kappa shape index (κ2) is 10.3. The summed E-state index contributed by atoms with van der Waals surface area (Å²) in [4.78, 5) is 14.0. The molecule has 6 nitrogen and oxygen atoms in total. The van der Waals surface area contributed by atoms with E-state index in [4.69, 9.17) is 9.47 Å². The average molecular weight is 349 g/mol. The lowest BCUT2D eigenvalue weighted by atomic mass is 10.1. The number of amides is 1. The number of ether oxygens (including phenoxy) is 2. The lowest BCUT2D eigenvalue weighted by Crippen LogP contribution is -2.28. The van der Waals surface area contributed by atoms with Gasteiger partial charge in [0.15, 0.2) is 18.1 Å². The van der Waals surface area contributed by atoms with Crippen LogP contribution < -0.4 is 20.1 Å². The molecule has 0 aliphatic carbocycles. The molecule has 1 aliphatic rings. The van der Waals surface area contributed by atoms with Crippen LogP contribution in [0.1, 0.15) is 25.8 Å². The Hall–Kier alpha value is -1.79. The standard InChI is InChI=1S/C19H31N3O3/c1-4-21-19(23)14-25-17-7-6-15(10-18(17)24-3)11-20-12-16-8-9-22(5-2)13-16/h6-7,10,16,20H,4-5,8-9,11-14H2,1-3H3,(H,21,23). The molecule has 140 valence electrons. The molecule has 1 atom stereocenters. The number of hydrogen-bond acceptors (Lipinski definition) is 5. The molecule has 1 fully saturated rings. The quantitative estimate of drug-likeness (QED) is 0.672. The van der Waals surface area contributed by atoms with Gasteiger partial charge < -0.3 is 25.0 Å². The summed E-state index contributed by atoms with van der Waals surface area (Å²) in [5.74, 6) is 1.85. The molecule has 6 heteroatoms. The molecule has 1 amide bonds. The van der Waals surface area contributed by atoms with E-state index in [0.717, 1.165) is 31.1 Å². The van der Waals surface area contributed by atoms with Crippen molar-refractivity contribution in [3.8, 4) is 11.5 Å². The van der Waals surface area contributed by atoms with Crippen LogP contribution in [-0.4, -0.2) is 57.2 Å². The van der Waals surface area contributed by atoms with Crippen LogP contribution >= 0.6 is 0 Å². The first-order valence-electron chi connectivity index (χ1n) is 9.15. The van der Waals surface area contributed by atoms with Gasteiger partial charge in [-0.3, -0.25) is 4.79 Å². The van der Waals surface area contributed by atoms with Crippen LogP contribution in [0.25, 0.3) is 0 Å². The van der Waals surface area contributed by atoms with Gasteiger partial charge in [-0.1, -0.05) is 13.0 Å². The maximum absolute atomic E-state index is 11.5. The van der Waals surface area contributed by atoms with Crippen molar-refractivity contribution < 1.29 is 14.3 Å². The Kier molecular flexibility index (Phi) is 8.01. The van der Waals surface area contributed by atoms with Crippen LogP contribution in [0.3, 0.4) is 0 Å². The lowest BCUT2D eigenvalue weighted by molar-refractivity contribution is -0.123. The first-order chi connectivity index (χ1) is 12.2. The first-order valence-corrected chi connectivity index (χ1v) is 9.15. The maximum atomic E-state index is 11.5. The summed E-state index contributed by atoms with van der Waals surface area (Å²) in [7, 11) is 1.61. The molecular weight excluding hydrogens is 318 g/mol. The van der Waals surface area contributed by atoms with Crippen LogP contribution in [0.2, 0.25) is 0 Å². The van der Waals surface area contributed by atoms with Crippen molar-refractivity contribution in [2.24, 2.45) is 5.92 Å². The fourth-order valence-electron chi connectivity index (χ4n) is 3.12. The van der Waals surface area contributed by atoms with E-state index in [1.807, 2.05) is 25.1 Å². The minimum absolute atomic E-state index is 0.00257. The highest BCUT2D eigenvalue weighted by Gasteiger charge is 2.20. The van der Waals surface area contributed by atoms with Gasteiger partial charge in [-0.15, -0.1) is 0 Å². The van der Waals surface area contributed by atoms with Crippen LogP contribution in [0, 0.1) is 5.92 Å². The molecule has 1 aliphatic heterocycles. The Morgan fingerprint density at radius 1 is 1.32 bits per heavy atom. The van der Waals surface area contributed by atoms with E-state index in [0.29, 0.717) is 18.0 Å². The van der Waals surface area contributed by atoms with Crippen LogP contribution in [0.15, 0.2) is 18.2 Å². The third kappa shape index (κ3) is 6.21. The molecule has 1 heterocycles. The molecule has 1 aromatic carbocycles. The number of likely N-dealkylation sites (tertiary alicyclic amines) is 1. The van der Waals surface area contributed by atoms with Gasteiger partial charge in [-0.05, 0) is 56.6 Å². The van der Waals surface area contributed by atoms with Crippen molar-refractivity contribution in [2.45, 2.75) is 26.8 Å². The summed E-state index contributed by atoms with van der Waals surface area (Å²) in [5.41, 5.74) is 1.15. The molecule has 0 bridgehead atoms. The smallest absolute Gasteiger partial charge is 0.257 e. The predicted octanol–water partition coefficient (Wildman–Crippen LogP) is 1.64. The molecule has 0 spiro atoms. The summed E-state index contributed by atoms with van der Waals surface area (Å²) >= 11 is 0. The molecule has 0 radical (unpaired) electrons. The predicted molar refractivity (Wildman–Crippen MR) is 99.1 cm³/mol. The van der Waals surface area contributed by atoms with Crippen molar-refractivity contribution in [2.75, 3.05) is 46.4 Å². The summed E-state index contributed by atoms with van der Waals surface area (Å²) in [6, 6.07) is 5.84. The van der Waals surface area contributed by atoms with E-state index in [2.05, 4.69) is 22.5 Å². The Balaban J connectivity index is 1.80. The normalized spacial score (nSPS) is 17.5. The highest BCUT2D eigenvalue weighted by Crippen LogP contribution is 2.28. The number of rotatable bonds is 10. The van der Waals surface area contributed by atoms with Gasteiger partial charge in [-0.25, -0.2) is 0 Å². The number of likely N-dealkylation sites (N-methyl/N-ethyl adjacent to an activating group) is 1. The van der Waals surface area contributed by atoms with Gasteiger partial charge in [0.05, 0.1) is 7.11 Å². The van der Waals surface area contributed by atoms with Crippen LogP contribution in [0.4, 0.5) is 0 Å². The highest BCUT2D eigenvalue weighted by atomic mass is 16.5. The minimum Gasteiger partial charge on any atom is -0.493 e. The van der Waals surface area contributed by atoms with E-state index in [1.165, 1.54) is 19.5 Å². The number of hydrogen-bond donors (Lipinski definition) is 2. The number of methoxy groups -OCH3 is 1. The summed E-state index contributed by atoms with van der Waals surface area (Å²) in [6.45, 7) is 10.1. The van der Waals surface area contributed by atoms with E-state index in [9.17, 15) is 4.79 Å². The van der Waals surface area contributed by atoms with Crippen LogP contribution in [-0.2, 0) is 11.3 Å². The van der Waals surface area contributed by atoms with E-state index < -0.39 is 0 Å². The summed E-state index contributed by atoms with van der Waals surface area (Å²) in [5, 5.41) is 6.25. The molecule has 0 aromatic heterocycles. The molecule has 1 saturated heterocycles. The van der Waals surface area contributed by atoms with Crippen molar-refractivity contribution in [3.63, 3.8) is 0 Å². The van der Waals surface area contributed by atoms with E-state index in [1.54, 1.807) is 7.11 Å². The number of carbonyl (C=O) groups excluding carboxylic acids is 1. The first kappa shape index (κ1) is 19.5. The average Bonchev–Trinajstić information content (AvgIpc) is 3.08. The fraction of sp³-hybridized carbons (Fsp3) is 0.632. The number of benzene rings is 1. The molecule has 2 rings (SSSR count). The Bertz CT molecular complexity index is 551. The van der Waals surface area contributed by atoms with E-state index >= 15 is 0 Å². The molecule has 1 aromatic rings. The van der Waals surface area contributed by atoms with Gasteiger partial charge >= 0.3 is 0 Å². The third-order valence-corrected chi connectivity index (χ3v) is 4.54. The number of nitrogens with one attached hydrogen (secondary N) is 2. The second-order valence-corrected chi connectivity index (χ2v) is 6.41. The molecule has 1 unspecified atom stereocenters. The zero-order valence-corrected chi connectivity index (χ0v) is 15.6. The van der Waals surface area contributed by atoms with Crippen molar-refractivity contribution in [1.82, 2.24) is 15.5 Å². The largest absolute Gasteiger partial charge is 0.493 e. The zero-order valence-electron chi connectivity index (χ0n) is 15.6. The third-order valence-electron chi connectivity index (χ3n) is 4.54. The van der Waals surface area contributed by atoms with Crippen molar-refractivity contribution >= 4 is 5.91 Å². The van der Waals surface area contributed by atoms with Crippen molar-refractivity contribution in [1.29, 1.82) is 0 Å². The SMILES string of the molecule is CCNC(=O)COc1ccc(CNCC2CCN(CC)C2)cc1OC. The Morgan fingerprint density at radius 2 is 2.16 bits per heavy atom. The Labute approximate surface area is 150 Å². The second-order valence-electron chi connectivity index (χ2n) is 6.41. The number of carbonyl (C=O) groups is 1. The number of nitrogens with zero attached hydrogens (tertiary/aromatic N) is 1. The molecule has 25 heavy (non-hydrogen) atoms. The molecular formula is C19H31N3O3. The summed E-state index contributed by atoms with van der Waals surface area (Å²) in [6.07, 6.45) is 1.27. The monoisotopic (exact) mass is 349 g/mol. The lowest BCUT2D eigenvalue weighted by Gasteiger charge is -2.15. The van der Waals surface area contributed by atoms with Crippen LogP contribution in [0.5, 0.6) is 11.5 Å². The zero-order chi connectivity index (χ0) is 18.1. The molecule has 2 N–H and O–H groups in total. The van der Waals surface area contributed by atoms with Gasteiger partial charge in [0.1, 0.15) is 0 Å². The minimum atomic E-state index is -0.131. The van der Waals surface area contributed by atoms with Gasteiger partial charge in [0, 0.05) is 19.6 Å². The van der Waals surface area contributed by atoms with Gasteiger partial charge in [0.25, 0.3) is 5.91 Å². The van der Waals surface area contributed by atoms with Crippen molar-refractivity contribution in [3.05, 3.63) is 23.8 Å². The highest BCUT2D eigenvalue weighted by molar-refractivity contribution is 5.77. The molecule has 0 saturated carbocycles. The van der Waals surface area contributed by atoms with E-state index in [-0.39, 0.29) is 12.5 Å². The van der Waals surface area contributed by atoms with Gasteiger partial charge in [-0.2, -0.15) is 0 Å². The topological polar surface area (TPSA) is 62.8 Å². The fourth-order valence-corrected chi connectivity index (χ4v) is 3.12.